The molecule has 0 bridgehead atoms. The molecule has 0 aliphatic rings. The van der Waals surface area contributed by atoms with Crippen molar-refractivity contribution in [3.63, 3.8) is 0 Å². The molecular formula is C20H16F3N5O4. The standard InChI is InChI=1S/C20H16F3N5O4/c1-11(24-25-18(29)15-5-3-4-6-16(15)28(31)32)17-12(2)26-27(19(17)30)14-9-7-13(8-10-14)20(21,22)23/h3-10,26H,1-2H3,(H,25,29)/b24-11-. The monoisotopic (exact) mass is 447 g/mol. The van der Waals surface area contributed by atoms with E-state index in [1.54, 1.807) is 6.92 Å². The van der Waals surface area contributed by atoms with Crippen molar-refractivity contribution in [2.45, 2.75) is 20.0 Å². The number of para-hydroxylation sites is 1. The molecule has 32 heavy (non-hydrogen) atoms. The fraction of sp³-hybridized carbons (Fsp3) is 0.150. The highest BCUT2D eigenvalue weighted by molar-refractivity contribution is 6.02. The Labute approximate surface area is 178 Å². The molecule has 2 aromatic carbocycles. The molecule has 2 N–H and O–H groups in total. The Morgan fingerprint density at radius 3 is 2.38 bits per heavy atom. The molecule has 0 atom stereocenters. The number of amides is 1. The number of aromatic amines is 1. The average molecular weight is 447 g/mol. The molecule has 12 heteroatoms. The molecule has 0 aliphatic heterocycles. The predicted molar refractivity (Wildman–Crippen MR) is 109 cm³/mol. The second-order valence-electron chi connectivity index (χ2n) is 6.71. The summed E-state index contributed by atoms with van der Waals surface area (Å²) < 4.78 is 39.3. The first-order chi connectivity index (χ1) is 15.0. The molecule has 0 unspecified atom stereocenters. The molecule has 3 aromatic rings. The van der Waals surface area contributed by atoms with Crippen LogP contribution in [0.15, 0.2) is 58.4 Å². The first kappa shape index (κ1) is 22.5. The Balaban J connectivity index is 1.88. The lowest BCUT2D eigenvalue weighted by Gasteiger charge is -2.07. The average Bonchev–Trinajstić information content (AvgIpc) is 3.05. The minimum Gasteiger partial charge on any atom is -0.295 e. The molecule has 0 saturated carbocycles. The number of rotatable bonds is 5. The van der Waals surface area contributed by atoms with Crippen molar-refractivity contribution in [3.05, 3.63) is 91.4 Å². The van der Waals surface area contributed by atoms with Crippen molar-refractivity contribution >= 4 is 17.3 Å². The number of carbonyl (C=O) groups excluding carboxylic acids is 1. The summed E-state index contributed by atoms with van der Waals surface area (Å²) in [6.45, 7) is 2.99. The van der Waals surface area contributed by atoms with Crippen molar-refractivity contribution < 1.29 is 22.9 Å². The first-order valence-corrected chi connectivity index (χ1v) is 9.08. The Hall–Kier alpha value is -4.22. The predicted octanol–water partition coefficient (Wildman–Crippen LogP) is 3.56. The maximum atomic E-state index is 12.8. The van der Waals surface area contributed by atoms with Crippen LogP contribution in [-0.2, 0) is 6.18 Å². The van der Waals surface area contributed by atoms with E-state index >= 15 is 0 Å². The Bertz CT molecular complexity index is 1270. The topological polar surface area (TPSA) is 122 Å². The Morgan fingerprint density at radius 2 is 1.78 bits per heavy atom. The number of alkyl halides is 3. The molecule has 3 rings (SSSR count). The van der Waals surface area contributed by atoms with Crippen LogP contribution in [-0.4, -0.2) is 26.3 Å². The maximum Gasteiger partial charge on any atom is 0.416 e. The van der Waals surface area contributed by atoms with E-state index in [2.05, 4.69) is 15.6 Å². The summed E-state index contributed by atoms with van der Waals surface area (Å²) in [5.74, 6) is -0.840. The number of nitro groups is 1. The van der Waals surface area contributed by atoms with Crippen LogP contribution >= 0.6 is 0 Å². The fourth-order valence-electron chi connectivity index (χ4n) is 3.03. The molecule has 1 aromatic heterocycles. The van der Waals surface area contributed by atoms with E-state index in [9.17, 15) is 32.9 Å². The zero-order valence-electron chi connectivity index (χ0n) is 16.7. The number of hydrogen-bond donors (Lipinski definition) is 2. The van der Waals surface area contributed by atoms with Crippen LogP contribution in [0.2, 0.25) is 0 Å². The first-order valence-electron chi connectivity index (χ1n) is 9.08. The van der Waals surface area contributed by atoms with E-state index in [-0.39, 0.29) is 22.5 Å². The highest BCUT2D eigenvalue weighted by Crippen LogP contribution is 2.29. The van der Waals surface area contributed by atoms with E-state index in [0.29, 0.717) is 5.69 Å². The summed E-state index contributed by atoms with van der Waals surface area (Å²) in [4.78, 5) is 35.5. The number of hydrogen-bond acceptors (Lipinski definition) is 5. The minimum absolute atomic E-state index is 0.0905. The molecule has 0 radical (unpaired) electrons. The summed E-state index contributed by atoms with van der Waals surface area (Å²) in [7, 11) is 0. The van der Waals surface area contributed by atoms with E-state index in [1.807, 2.05) is 0 Å². The lowest BCUT2D eigenvalue weighted by molar-refractivity contribution is -0.385. The van der Waals surface area contributed by atoms with Crippen LogP contribution in [0.5, 0.6) is 0 Å². The van der Waals surface area contributed by atoms with Gasteiger partial charge in [-0.1, -0.05) is 12.1 Å². The van der Waals surface area contributed by atoms with E-state index in [1.165, 1.54) is 31.2 Å². The molecule has 0 spiro atoms. The van der Waals surface area contributed by atoms with Crippen molar-refractivity contribution in [1.29, 1.82) is 0 Å². The number of benzene rings is 2. The fourth-order valence-corrected chi connectivity index (χ4v) is 3.03. The second kappa shape index (κ2) is 8.49. The maximum absolute atomic E-state index is 12.8. The largest absolute Gasteiger partial charge is 0.416 e. The summed E-state index contributed by atoms with van der Waals surface area (Å²) in [6.07, 6.45) is -4.50. The van der Waals surface area contributed by atoms with Gasteiger partial charge in [-0.05, 0) is 44.2 Å². The molecule has 0 fully saturated rings. The summed E-state index contributed by atoms with van der Waals surface area (Å²) >= 11 is 0. The number of H-pyrrole nitrogens is 1. The van der Waals surface area contributed by atoms with Gasteiger partial charge < -0.3 is 0 Å². The van der Waals surface area contributed by atoms with Crippen molar-refractivity contribution in [1.82, 2.24) is 15.2 Å². The SMILES string of the molecule is C/C(=N/NC(=O)c1ccccc1[N+](=O)[O-])c1c(C)[nH]n(-c2ccc(C(F)(F)F)cc2)c1=O. The van der Waals surface area contributed by atoms with E-state index in [4.69, 9.17) is 0 Å². The van der Waals surface area contributed by atoms with Gasteiger partial charge in [0.15, 0.2) is 0 Å². The van der Waals surface area contributed by atoms with Crippen LogP contribution in [0.4, 0.5) is 18.9 Å². The Morgan fingerprint density at radius 1 is 1.16 bits per heavy atom. The van der Waals surface area contributed by atoms with Gasteiger partial charge in [-0.25, -0.2) is 10.1 Å². The van der Waals surface area contributed by atoms with Crippen molar-refractivity contribution in [2.24, 2.45) is 5.10 Å². The third kappa shape index (κ3) is 4.43. The molecule has 1 amide bonds. The van der Waals surface area contributed by atoms with E-state index < -0.39 is 33.8 Å². The number of halogens is 3. The van der Waals surface area contributed by atoms with Gasteiger partial charge in [0, 0.05) is 11.8 Å². The number of hydrazone groups is 1. The quantitative estimate of drug-likeness (QED) is 0.353. The Kier molecular flexibility index (Phi) is 5.96. The number of nitrogens with one attached hydrogen (secondary N) is 2. The normalized spacial score (nSPS) is 12.0. The number of nitrogens with zero attached hydrogens (tertiary/aromatic N) is 3. The number of nitro benzene ring substituents is 1. The van der Waals surface area contributed by atoms with E-state index in [0.717, 1.165) is 28.9 Å². The lowest BCUT2D eigenvalue weighted by Crippen LogP contribution is -2.24. The van der Waals surface area contributed by atoms with Crippen molar-refractivity contribution in [2.75, 3.05) is 0 Å². The van der Waals surface area contributed by atoms with Crippen LogP contribution < -0.4 is 11.0 Å². The number of aromatic nitrogens is 2. The van der Waals surface area contributed by atoms with Crippen LogP contribution in [0, 0.1) is 17.0 Å². The van der Waals surface area contributed by atoms with Gasteiger partial charge in [0.1, 0.15) is 5.56 Å². The summed E-state index contributed by atoms with van der Waals surface area (Å²) in [5.41, 5.74) is 0.843. The van der Waals surface area contributed by atoms with Crippen LogP contribution in [0.25, 0.3) is 5.69 Å². The number of aryl methyl sites for hydroxylation is 1. The molecule has 166 valence electrons. The second-order valence-corrected chi connectivity index (χ2v) is 6.71. The van der Waals surface area contributed by atoms with Gasteiger partial charge in [0.25, 0.3) is 17.2 Å². The highest BCUT2D eigenvalue weighted by atomic mass is 19.4. The molecule has 0 saturated heterocycles. The summed E-state index contributed by atoms with van der Waals surface area (Å²) in [6, 6.07) is 9.30. The third-order valence-corrected chi connectivity index (χ3v) is 4.56. The smallest absolute Gasteiger partial charge is 0.295 e. The summed E-state index contributed by atoms with van der Waals surface area (Å²) in [5, 5.41) is 17.7. The zero-order chi connectivity index (χ0) is 23.6. The van der Waals surface area contributed by atoms with Gasteiger partial charge in [-0.15, -0.1) is 0 Å². The van der Waals surface area contributed by atoms with Gasteiger partial charge in [0.05, 0.1) is 27.4 Å². The molecule has 1 heterocycles. The van der Waals surface area contributed by atoms with Crippen LogP contribution in [0.1, 0.15) is 34.1 Å². The molecule has 0 aliphatic carbocycles. The third-order valence-electron chi connectivity index (χ3n) is 4.56. The van der Waals surface area contributed by atoms with Crippen LogP contribution in [0.3, 0.4) is 0 Å². The van der Waals surface area contributed by atoms with Gasteiger partial charge in [0.2, 0.25) is 0 Å². The van der Waals surface area contributed by atoms with Gasteiger partial charge in [-0.3, -0.25) is 24.8 Å². The zero-order valence-corrected chi connectivity index (χ0v) is 16.7. The highest BCUT2D eigenvalue weighted by Gasteiger charge is 2.30. The van der Waals surface area contributed by atoms with Gasteiger partial charge in [-0.2, -0.15) is 18.3 Å². The number of carbonyl (C=O) groups is 1. The molecular weight excluding hydrogens is 431 g/mol. The lowest BCUT2D eigenvalue weighted by atomic mass is 10.1. The molecule has 9 nitrogen and oxygen atoms in total. The van der Waals surface area contributed by atoms with Gasteiger partial charge >= 0.3 is 6.18 Å². The van der Waals surface area contributed by atoms with Crippen molar-refractivity contribution in [3.8, 4) is 5.69 Å². The minimum atomic E-state index is -4.50.